The molecule has 0 saturated carbocycles. The number of carbonyl (C=O) groups excluding carboxylic acids is 1. The molecule has 4 rings (SSSR count). The number of fused-ring (bicyclic) bond motifs is 3. The molecular formula is C21H17ClN2O2. The summed E-state index contributed by atoms with van der Waals surface area (Å²) in [6.07, 6.45) is 0. The van der Waals surface area contributed by atoms with Gasteiger partial charge in [-0.05, 0) is 54.4 Å². The van der Waals surface area contributed by atoms with Gasteiger partial charge in [0.15, 0.2) is 0 Å². The van der Waals surface area contributed by atoms with E-state index in [4.69, 9.17) is 17.3 Å². The zero-order chi connectivity index (χ0) is 18.4. The SMILES string of the molecule is Cc1cc(O)c2c3c(C(N)=O)cccc3n(Cc3cccc(Cl)c3)c2c1. The lowest BCUT2D eigenvalue weighted by molar-refractivity contribution is 0.100. The molecule has 5 heteroatoms. The van der Waals surface area contributed by atoms with Gasteiger partial charge in [0, 0.05) is 22.5 Å². The fourth-order valence-electron chi connectivity index (χ4n) is 3.57. The predicted molar refractivity (Wildman–Crippen MR) is 105 cm³/mol. The molecule has 0 atom stereocenters. The van der Waals surface area contributed by atoms with Gasteiger partial charge in [0.1, 0.15) is 5.75 Å². The Labute approximate surface area is 155 Å². The second kappa shape index (κ2) is 6.07. The zero-order valence-corrected chi connectivity index (χ0v) is 14.9. The number of aromatic nitrogens is 1. The highest BCUT2D eigenvalue weighted by molar-refractivity contribution is 6.30. The van der Waals surface area contributed by atoms with Crippen LogP contribution in [0.25, 0.3) is 21.8 Å². The van der Waals surface area contributed by atoms with Crippen LogP contribution in [-0.4, -0.2) is 15.6 Å². The minimum atomic E-state index is -0.516. The van der Waals surface area contributed by atoms with E-state index >= 15 is 0 Å². The third kappa shape index (κ3) is 2.59. The first-order chi connectivity index (χ1) is 12.5. The van der Waals surface area contributed by atoms with Gasteiger partial charge in [-0.2, -0.15) is 0 Å². The highest BCUT2D eigenvalue weighted by atomic mass is 35.5. The number of hydrogen-bond acceptors (Lipinski definition) is 2. The van der Waals surface area contributed by atoms with Crippen LogP contribution < -0.4 is 5.73 Å². The van der Waals surface area contributed by atoms with Crippen LogP contribution in [0.15, 0.2) is 54.6 Å². The number of hydrogen-bond donors (Lipinski definition) is 2. The summed E-state index contributed by atoms with van der Waals surface area (Å²) in [4.78, 5) is 12.0. The van der Waals surface area contributed by atoms with E-state index in [2.05, 4.69) is 4.57 Å². The Hall–Kier alpha value is -2.98. The number of primary amides is 1. The number of phenolic OH excluding ortho intramolecular Hbond substituents is 1. The first kappa shape index (κ1) is 16.5. The highest BCUT2D eigenvalue weighted by Gasteiger charge is 2.19. The Balaban J connectivity index is 2.10. The van der Waals surface area contributed by atoms with Crippen LogP contribution in [0.4, 0.5) is 0 Å². The maximum atomic E-state index is 12.0. The summed E-state index contributed by atoms with van der Waals surface area (Å²) < 4.78 is 2.08. The van der Waals surface area contributed by atoms with Crippen molar-refractivity contribution in [2.75, 3.05) is 0 Å². The summed E-state index contributed by atoms with van der Waals surface area (Å²) in [5.41, 5.74) is 9.65. The van der Waals surface area contributed by atoms with Crippen LogP contribution >= 0.6 is 11.6 Å². The maximum Gasteiger partial charge on any atom is 0.249 e. The minimum absolute atomic E-state index is 0.142. The number of carbonyl (C=O) groups is 1. The Morgan fingerprint density at radius 3 is 2.58 bits per heavy atom. The highest BCUT2D eigenvalue weighted by Crippen LogP contribution is 2.38. The van der Waals surface area contributed by atoms with Crippen molar-refractivity contribution in [2.24, 2.45) is 5.73 Å². The standard InChI is InChI=1S/C21H17ClN2O2/c1-12-8-17-20(18(25)9-12)19-15(21(23)26)6-3-7-16(19)24(17)11-13-4-2-5-14(22)10-13/h2-10,25H,11H2,1H3,(H2,23,26). The summed E-state index contributed by atoms with van der Waals surface area (Å²) in [5.74, 6) is -0.374. The Morgan fingerprint density at radius 2 is 1.85 bits per heavy atom. The molecule has 1 aromatic heterocycles. The molecule has 0 aliphatic carbocycles. The lowest BCUT2D eigenvalue weighted by Crippen LogP contribution is -2.11. The van der Waals surface area contributed by atoms with E-state index in [1.165, 1.54) is 0 Å². The number of halogens is 1. The van der Waals surface area contributed by atoms with Gasteiger partial charge in [-0.25, -0.2) is 0 Å². The second-order valence-corrected chi connectivity index (χ2v) is 6.89. The third-order valence-electron chi connectivity index (χ3n) is 4.61. The fraction of sp³-hybridized carbons (Fsp3) is 0.0952. The molecule has 0 saturated heterocycles. The van der Waals surface area contributed by atoms with Crippen molar-refractivity contribution in [3.8, 4) is 5.75 Å². The average Bonchev–Trinajstić information content (AvgIpc) is 2.89. The Bertz CT molecular complexity index is 1180. The molecule has 1 amide bonds. The molecule has 0 fully saturated rings. The van der Waals surface area contributed by atoms with E-state index in [1.54, 1.807) is 18.2 Å². The molecule has 0 spiro atoms. The van der Waals surface area contributed by atoms with Gasteiger partial charge < -0.3 is 15.4 Å². The van der Waals surface area contributed by atoms with Gasteiger partial charge in [0.05, 0.1) is 16.4 Å². The van der Waals surface area contributed by atoms with Crippen molar-refractivity contribution < 1.29 is 9.90 Å². The van der Waals surface area contributed by atoms with Crippen molar-refractivity contribution in [3.63, 3.8) is 0 Å². The van der Waals surface area contributed by atoms with Gasteiger partial charge in [-0.15, -0.1) is 0 Å². The number of benzene rings is 3. The molecule has 0 radical (unpaired) electrons. The summed E-state index contributed by atoms with van der Waals surface area (Å²) in [6, 6.07) is 16.8. The van der Waals surface area contributed by atoms with E-state index in [0.717, 1.165) is 22.2 Å². The molecule has 1 heterocycles. The molecule has 0 bridgehead atoms. The van der Waals surface area contributed by atoms with Crippen LogP contribution in [0.5, 0.6) is 5.75 Å². The summed E-state index contributed by atoms with van der Waals surface area (Å²) in [5, 5.41) is 12.6. The van der Waals surface area contributed by atoms with E-state index in [0.29, 0.717) is 27.9 Å². The zero-order valence-electron chi connectivity index (χ0n) is 14.2. The van der Waals surface area contributed by atoms with Crippen LogP contribution in [0, 0.1) is 6.92 Å². The van der Waals surface area contributed by atoms with Gasteiger partial charge in [-0.1, -0.05) is 29.8 Å². The molecule has 26 heavy (non-hydrogen) atoms. The van der Waals surface area contributed by atoms with Crippen molar-refractivity contribution in [1.29, 1.82) is 0 Å². The van der Waals surface area contributed by atoms with E-state index < -0.39 is 5.91 Å². The van der Waals surface area contributed by atoms with E-state index in [-0.39, 0.29) is 5.75 Å². The smallest absolute Gasteiger partial charge is 0.249 e. The molecule has 3 N–H and O–H groups in total. The lowest BCUT2D eigenvalue weighted by Gasteiger charge is -2.09. The number of phenols is 1. The van der Waals surface area contributed by atoms with Crippen LogP contribution in [-0.2, 0) is 6.54 Å². The van der Waals surface area contributed by atoms with E-state index in [1.807, 2.05) is 43.3 Å². The number of aromatic hydroxyl groups is 1. The molecule has 0 aliphatic heterocycles. The number of aryl methyl sites for hydroxylation is 1. The quantitative estimate of drug-likeness (QED) is 0.557. The number of rotatable bonds is 3. The topological polar surface area (TPSA) is 68.2 Å². The Morgan fingerprint density at radius 1 is 1.08 bits per heavy atom. The largest absolute Gasteiger partial charge is 0.507 e. The molecule has 4 aromatic rings. The number of nitrogens with two attached hydrogens (primary N) is 1. The summed E-state index contributed by atoms with van der Waals surface area (Å²) in [7, 11) is 0. The third-order valence-corrected chi connectivity index (χ3v) is 4.85. The fourth-order valence-corrected chi connectivity index (χ4v) is 3.78. The normalized spacial score (nSPS) is 11.3. The first-order valence-corrected chi connectivity index (χ1v) is 8.62. The van der Waals surface area contributed by atoms with Gasteiger partial charge >= 0.3 is 0 Å². The predicted octanol–water partition coefficient (Wildman–Crippen LogP) is 4.61. The Kier molecular flexibility index (Phi) is 3.85. The van der Waals surface area contributed by atoms with Crippen LogP contribution in [0.2, 0.25) is 5.02 Å². The van der Waals surface area contributed by atoms with Gasteiger partial charge in [-0.3, -0.25) is 4.79 Å². The second-order valence-electron chi connectivity index (χ2n) is 6.46. The first-order valence-electron chi connectivity index (χ1n) is 8.24. The van der Waals surface area contributed by atoms with Crippen molar-refractivity contribution in [2.45, 2.75) is 13.5 Å². The lowest BCUT2D eigenvalue weighted by atomic mass is 10.0. The van der Waals surface area contributed by atoms with Crippen molar-refractivity contribution in [3.05, 3.63) is 76.3 Å². The van der Waals surface area contributed by atoms with Crippen LogP contribution in [0.3, 0.4) is 0 Å². The summed E-state index contributed by atoms with van der Waals surface area (Å²) >= 11 is 6.13. The average molecular weight is 365 g/mol. The molecule has 0 unspecified atom stereocenters. The monoisotopic (exact) mass is 364 g/mol. The molecule has 4 nitrogen and oxygen atoms in total. The van der Waals surface area contributed by atoms with E-state index in [9.17, 15) is 9.90 Å². The van der Waals surface area contributed by atoms with Gasteiger partial charge in [0.25, 0.3) is 0 Å². The molecular weight excluding hydrogens is 348 g/mol. The maximum absolute atomic E-state index is 12.0. The number of amides is 1. The number of nitrogens with zero attached hydrogens (tertiary/aromatic N) is 1. The van der Waals surface area contributed by atoms with Crippen LogP contribution in [0.1, 0.15) is 21.5 Å². The van der Waals surface area contributed by atoms with Crippen molar-refractivity contribution >= 4 is 39.3 Å². The summed E-state index contributed by atoms with van der Waals surface area (Å²) in [6.45, 7) is 2.49. The molecule has 130 valence electrons. The van der Waals surface area contributed by atoms with Crippen molar-refractivity contribution in [1.82, 2.24) is 4.57 Å². The molecule has 0 aliphatic rings. The molecule has 3 aromatic carbocycles. The van der Waals surface area contributed by atoms with Gasteiger partial charge in [0.2, 0.25) is 5.91 Å². The minimum Gasteiger partial charge on any atom is -0.507 e.